The minimum atomic E-state index is -0.141. The van der Waals surface area contributed by atoms with Gasteiger partial charge >= 0.3 is 0 Å². The smallest absolute Gasteiger partial charge is 0.146 e. The van der Waals surface area contributed by atoms with Crippen LogP contribution in [0.15, 0.2) is 22.7 Å². The summed E-state index contributed by atoms with van der Waals surface area (Å²) in [6.45, 7) is 7.02. The van der Waals surface area contributed by atoms with Crippen LogP contribution in [-0.4, -0.2) is 25.7 Å². The maximum Gasteiger partial charge on any atom is 0.146 e. The minimum absolute atomic E-state index is 0.141. The third-order valence-electron chi connectivity index (χ3n) is 3.26. The van der Waals surface area contributed by atoms with Crippen molar-refractivity contribution < 1.29 is 4.39 Å². The first-order valence-corrected chi connectivity index (χ1v) is 6.80. The number of anilines is 1. The Balaban J connectivity index is 2.18. The number of nitrogens with one attached hydrogen (secondary N) is 1. The monoisotopic (exact) mass is 300 g/mol. The van der Waals surface area contributed by atoms with Gasteiger partial charge < -0.3 is 10.2 Å². The normalized spacial score (nSPS) is 21.0. The van der Waals surface area contributed by atoms with Gasteiger partial charge in [-0.3, -0.25) is 0 Å². The van der Waals surface area contributed by atoms with Gasteiger partial charge in [0.1, 0.15) is 5.82 Å². The van der Waals surface area contributed by atoms with Gasteiger partial charge in [-0.15, -0.1) is 0 Å². The molecule has 94 valence electrons. The maximum absolute atomic E-state index is 13.8. The van der Waals surface area contributed by atoms with E-state index < -0.39 is 0 Å². The average Bonchev–Trinajstić information content (AvgIpc) is 2.32. The second-order valence-corrected chi connectivity index (χ2v) is 5.76. The number of hydrogen-bond acceptors (Lipinski definition) is 2. The second-order valence-electron chi connectivity index (χ2n) is 4.85. The summed E-state index contributed by atoms with van der Waals surface area (Å²) in [7, 11) is 0. The van der Waals surface area contributed by atoms with Gasteiger partial charge in [0, 0.05) is 30.1 Å². The number of hydrogen-bond donors (Lipinski definition) is 1. The number of rotatable bonds is 2. The number of piperazine rings is 1. The van der Waals surface area contributed by atoms with Gasteiger partial charge in [-0.1, -0.05) is 29.8 Å². The fourth-order valence-corrected chi connectivity index (χ4v) is 2.52. The molecule has 1 aromatic carbocycles. The summed E-state index contributed by atoms with van der Waals surface area (Å²) in [6.07, 6.45) is 0. The van der Waals surface area contributed by atoms with Crippen LogP contribution in [0.1, 0.15) is 13.8 Å². The lowest BCUT2D eigenvalue weighted by molar-refractivity contribution is 0.366. The van der Waals surface area contributed by atoms with Gasteiger partial charge in [0.15, 0.2) is 0 Å². The van der Waals surface area contributed by atoms with Crippen LogP contribution in [0.25, 0.3) is 0 Å². The molecule has 1 aliphatic heterocycles. The third kappa shape index (κ3) is 2.99. The van der Waals surface area contributed by atoms with E-state index in [2.05, 4.69) is 40.0 Å². The molecule has 0 bridgehead atoms. The lowest BCUT2D eigenvalue weighted by Crippen LogP contribution is -2.53. The summed E-state index contributed by atoms with van der Waals surface area (Å²) in [5.74, 6) is 0.422. The average molecular weight is 301 g/mol. The first-order valence-electron chi connectivity index (χ1n) is 6.01. The molecular formula is C13H18BrFN2. The molecule has 0 radical (unpaired) electrons. The zero-order valence-corrected chi connectivity index (χ0v) is 11.8. The van der Waals surface area contributed by atoms with Crippen molar-refractivity contribution in [1.29, 1.82) is 0 Å². The number of nitrogens with zero attached hydrogens (tertiary/aromatic N) is 1. The van der Waals surface area contributed by atoms with Crippen molar-refractivity contribution in [3.05, 3.63) is 28.5 Å². The van der Waals surface area contributed by atoms with E-state index in [-0.39, 0.29) is 5.82 Å². The maximum atomic E-state index is 13.8. The molecule has 1 aromatic rings. The Hall–Kier alpha value is -0.610. The molecule has 17 heavy (non-hydrogen) atoms. The van der Waals surface area contributed by atoms with E-state index in [1.54, 1.807) is 6.07 Å². The van der Waals surface area contributed by atoms with E-state index in [9.17, 15) is 4.39 Å². The van der Waals surface area contributed by atoms with Crippen LogP contribution in [0.2, 0.25) is 0 Å². The van der Waals surface area contributed by atoms with Gasteiger partial charge in [-0.25, -0.2) is 4.39 Å². The van der Waals surface area contributed by atoms with Crippen molar-refractivity contribution in [2.24, 2.45) is 5.92 Å². The van der Waals surface area contributed by atoms with Crippen LogP contribution < -0.4 is 10.2 Å². The molecule has 4 heteroatoms. The first kappa shape index (κ1) is 12.8. The van der Waals surface area contributed by atoms with E-state index in [0.717, 1.165) is 24.1 Å². The number of benzene rings is 1. The topological polar surface area (TPSA) is 15.3 Å². The Morgan fingerprint density at radius 1 is 1.47 bits per heavy atom. The van der Waals surface area contributed by atoms with Crippen LogP contribution in [0.5, 0.6) is 0 Å². The Morgan fingerprint density at radius 2 is 2.24 bits per heavy atom. The second kappa shape index (κ2) is 5.36. The molecular weight excluding hydrogens is 283 g/mol. The van der Waals surface area contributed by atoms with E-state index in [0.29, 0.717) is 17.6 Å². The summed E-state index contributed by atoms with van der Waals surface area (Å²) in [5.41, 5.74) is 0.700. The fourth-order valence-electron chi connectivity index (χ4n) is 2.17. The van der Waals surface area contributed by atoms with Crippen molar-refractivity contribution in [3.63, 3.8) is 0 Å². The van der Waals surface area contributed by atoms with Gasteiger partial charge in [-0.2, -0.15) is 0 Å². The molecule has 1 atom stereocenters. The SMILES string of the molecule is CC(C)C1CN(c2cc(Br)ccc2F)CCN1. The highest BCUT2D eigenvalue weighted by Gasteiger charge is 2.23. The fraction of sp³-hybridized carbons (Fsp3) is 0.538. The van der Waals surface area contributed by atoms with Crippen LogP contribution in [0, 0.1) is 11.7 Å². The minimum Gasteiger partial charge on any atom is -0.366 e. The standard InChI is InChI=1S/C13H18BrFN2/c1-9(2)12-8-17(6-5-16-12)13-7-10(14)3-4-11(13)15/h3-4,7,9,12,16H,5-6,8H2,1-2H3. The molecule has 0 amide bonds. The van der Waals surface area contributed by atoms with E-state index in [1.807, 2.05) is 6.07 Å². The Morgan fingerprint density at radius 3 is 2.94 bits per heavy atom. The predicted octanol–water partition coefficient (Wildman–Crippen LogP) is 3.02. The lowest BCUT2D eigenvalue weighted by Gasteiger charge is -2.37. The summed E-state index contributed by atoms with van der Waals surface area (Å²) in [6, 6.07) is 5.55. The van der Waals surface area contributed by atoms with E-state index in [1.165, 1.54) is 6.07 Å². The molecule has 2 nitrogen and oxygen atoms in total. The van der Waals surface area contributed by atoms with Crippen LogP contribution >= 0.6 is 15.9 Å². The van der Waals surface area contributed by atoms with Crippen LogP contribution in [-0.2, 0) is 0 Å². The molecule has 0 saturated carbocycles. The summed E-state index contributed by atoms with van der Waals surface area (Å²) >= 11 is 3.40. The molecule has 1 fully saturated rings. The Labute approximate surface area is 110 Å². The van der Waals surface area contributed by atoms with Gasteiger partial charge in [0.05, 0.1) is 5.69 Å². The highest BCUT2D eigenvalue weighted by molar-refractivity contribution is 9.10. The van der Waals surface area contributed by atoms with Crippen molar-refractivity contribution >= 4 is 21.6 Å². The van der Waals surface area contributed by atoms with E-state index in [4.69, 9.17) is 0 Å². The van der Waals surface area contributed by atoms with Crippen molar-refractivity contribution in [3.8, 4) is 0 Å². The summed E-state index contributed by atoms with van der Waals surface area (Å²) < 4.78 is 14.7. The van der Waals surface area contributed by atoms with Gasteiger partial charge in [-0.05, 0) is 24.1 Å². The summed E-state index contributed by atoms with van der Waals surface area (Å²) in [5, 5.41) is 3.48. The molecule has 1 heterocycles. The number of halogens is 2. The molecule has 0 spiro atoms. The Bertz CT molecular complexity index is 395. The summed E-state index contributed by atoms with van der Waals surface area (Å²) in [4.78, 5) is 2.13. The van der Waals surface area contributed by atoms with E-state index >= 15 is 0 Å². The van der Waals surface area contributed by atoms with Gasteiger partial charge in [0.2, 0.25) is 0 Å². The molecule has 1 N–H and O–H groups in total. The van der Waals surface area contributed by atoms with Crippen LogP contribution in [0.4, 0.5) is 10.1 Å². The Kier molecular flexibility index (Phi) is 4.05. The largest absolute Gasteiger partial charge is 0.366 e. The van der Waals surface area contributed by atoms with Crippen molar-refractivity contribution in [2.75, 3.05) is 24.5 Å². The molecule has 1 saturated heterocycles. The van der Waals surface area contributed by atoms with Crippen LogP contribution in [0.3, 0.4) is 0 Å². The van der Waals surface area contributed by atoms with Crippen molar-refractivity contribution in [1.82, 2.24) is 5.32 Å². The first-order chi connectivity index (χ1) is 8.08. The predicted molar refractivity (Wildman–Crippen MR) is 72.9 cm³/mol. The molecule has 0 aromatic heterocycles. The highest BCUT2D eigenvalue weighted by Crippen LogP contribution is 2.25. The zero-order valence-electron chi connectivity index (χ0n) is 10.2. The molecule has 1 unspecified atom stereocenters. The zero-order chi connectivity index (χ0) is 12.4. The van der Waals surface area contributed by atoms with Crippen molar-refractivity contribution in [2.45, 2.75) is 19.9 Å². The third-order valence-corrected chi connectivity index (χ3v) is 3.75. The highest BCUT2D eigenvalue weighted by atomic mass is 79.9. The molecule has 1 aliphatic rings. The lowest BCUT2D eigenvalue weighted by atomic mass is 10.0. The molecule has 0 aliphatic carbocycles. The molecule has 2 rings (SSSR count). The van der Waals surface area contributed by atoms with Gasteiger partial charge in [0.25, 0.3) is 0 Å². The quantitative estimate of drug-likeness (QED) is 0.903.